The summed E-state index contributed by atoms with van der Waals surface area (Å²) in [6.45, 7) is 4.16. The van der Waals surface area contributed by atoms with Crippen molar-refractivity contribution in [2.75, 3.05) is 20.3 Å². The minimum absolute atomic E-state index is 0.0862. The molecule has 35 heavy (non-hydrogen) atoms. The van der Waals surface area contributed by atoms with Crippen LogP contribution in [-0.2, 0) is 16.0 Å². The van der Waals surface area contributed by atoms with Crippen molar-refractivity contribution >= 4 is 12.1 Å². The molecule has 0 saturated heterocycles. The van der Waals surface area contributed by atoms with Crippen molar-refractivity contribution in [3.05, 3.63) is 102 Å². The molecule has 180 valence electrons. The number of hydrogen-bond donors (Lipinski definition) is 1. The first-order valence-electron chi connectivity index (χ1n) is 11.6. The van der Waals surface area contributed by atoms with Gasteiger partial charge in [0.2, 0.25) is 0 Å². The van der Waals surface area contributed by atoms with Gasteiger partial charge in [0.1, 0.15) is 25.0 Å². The lowest BCUT2D eigenvalue weighted by Gasteiger charge is -2.25. The van der Waals surface area contributed by atoms with Gasteiger partial charge in [-0.3, -0.25) is 4.90 Å². The smallest absolute Gasteiger partial charge is 0.410 e. The Balaban J connectivity index is 1.42. The van der Waals surface area contributed by atoms with Gasteiger partial charge >= 0.3 is 12.1 Å². The second-order valence-electron chi connectivity index (χ2n) is 8.52. The first kappa shape index (κ1) is 24.1. The van der Waals surface area contributed by atoms with Gasteiger partial charge in [-0.15, -0.1) is 0 Å². The van der Waals surface area contributed by atoms with E-state index in [1.54, 1.807) is 6.08 Å². The molecule has 0 aliphatic heterocycles. The Bertz CT molecular complexity index is 1180. The van der Waals surface area contributed by atoms with E-state index >= 15 is 0 Å². The minimum Gasteiger partial charge on any atom is -0.489 e. The summed E-state index contributed by atoms with van der Waals surface area (Å²) in [6, 6.07) is 22.6. The number of likely N-dealkylation sites (N-methyl/N-ethyl adjacent to an activating group) is 1. The maximum Gasteiger partial charge on any atom is 0.410 e. The molecule has 1 atom stereocenters. The number of para-hydroxylation sites is 1. The summed E-state index contributed by atoms with van der Waals surface area (Å²) in [7, 11) is 1.47. The van der Waals surface area contributed by atoms with Gasteiger partial charge < -0.3 is 14.6 Å². The molecule has 0 aromatic heterocycles. The van der Waals surface area contributed by atoms with Crippen LogP contribution < -0.4 is 4.74 Å². The van der Waals surface area contributed by atoms with E-state index in [0.717, 1.165) is 27.8 Å². The molecular weight excluding hydrogens is 442 g/mol. The molecule has 1 aliphatic rings. The van der Waals surface area contributed by atoms with Crippen LogP contribution in [-0.4, -0.2) is 48.4 Å². The normalized spacial score (nSPS) is 12.8. The number of ether oxygens (including phenoxy) is 2. The molecule has 1 N–H and O–H groups in total. The van der Waals surface area contributed by atoms with Crippen molar-refractivity contribution in [3.8, 4) is 16.9 Å². The lowest BCUT2D eigenvalue weighted by Crippen LogP contribution is -2.43. The fraction of sp³-hybridized carbons (Fsp3) is 0.241. The first-order chi connectivity index (χ1) is 17.0. The topological polar surface area (TPSA) is 76.1 Å². The van der Waals surface area contributed by atoms with Gasteiger partial charge in [0.15, 0.2) is 0 Å². The summed E-state index contributed by atoms with van der Waals surface area (Å²) in [5, 5.41) is 9.83. The summed E-state index contributed by atoms with van der Waals surface area (Å²) in [5.74, 6) is -0.484. The zero-order valence-electron chi connectivity index (χ0n) is 19.7. The van der Waals surface area contributed by atoms with Crippen molar-refractivity contribution in [1.82, 2.24) is 4.90 Å². The fourth-order valence-electron chi connectivity index (χ4n) is 4.60. The predicted molar refractivity (Wildman–Crippen MR) is 135 cm³/mol. The van der Waals surface area contributed by atoms with E-state index in [1.165, 1.54) is 11.9 Å². The van der Waals surface area contributed by atoms with Gasteiger partial charge in [-0.2, -0.15) is 0 Å². The Hall–Kier alpha value is -4.06. The zero-order valence-corrected chi connectivity index (χ0v) is 19.7. The molecule has 3 aromatic rings. The Kier molecular flexibility index (Phi) is 7.51. The predicted octanol–water partition coefficient (Wildman–Crippen LogP) is 5.52. The van der Waals surface area contributed by atoms with Crippen molar-refractivity contribution in [2.24, 2.45) is 0 Å². The molecule has 0 fully saturated rings. The number of amides is 1. The van der Waals surface area contributed by atoms with E-state index in [9.17, 15) is 14.7 Å². The molecule has 0 heterocycles. The Morgan fingerprint density at radius 3 is 2.23 bits per heavy atom. The second-order valence-corrected chi connectivity index (χ2v) is 8.52. The van der Waals surface area contributed by atoms with E-state index in [4.69, 9.17) is 9.47 Å². The monoisotopic (exact) mass is 471 g/mol. The van der Waals surface area contributed by atoms with Crippen LogP contribution in [0, 0.1) is 0 Å². The Labute approximate surface area is 205 Å². The average molecular weight is 472 g/mol. The van der Waals surface area contributed by atoms with Crippen LogP contribution in [0.3, 0.4) is 0 Å². The van der Waals surface area contributed by atoms with E-state index in [0.29, 0.717) is 18.8 Å². The highest BCUT2D eigenvalue weighted by Gasteiger charge is 2.32. The van der Waals surface area contributed by atoms with Crippen LogP contribution >= 0.6 is 0 Å². The first-order valence-corrected chi connectivity index (χ1v) is 11.6. The largest absolute Gasteiger partial charge is 0.489 e. The van der Waals surface area contributed by atoms with Gasteiger partial charge in [0.05, 0.1) is 0 Å². The quantitative estimate of drug-likeness (QED) is 0.394. The Morgan fingerprint density at radius 2 is 1.60 bits per heavy atom. The third-order valence-electron chi connectivity index (χ3n) is 6.39. The van der Waals surface area contributed by atoms with Crippen molar-refractivity contribution in [2.45, 2.75) is 24.8 Å². The van der Waals surface area contributed by atoms with E-state index in [2.05, 4.69) is 18.7 Å². The summed E-state index contributed by atoms with van der Waals surface area (Å²) >= 11 is 0. The third kappa shape index (κ3) is 5.22. The van der Waals surface area contributed by atoms with Crippen LogP contribution in [0.15, 0.2) is 85.5 Å². The lowest BCUT2D eigenvalue weighted by atomic mass is 9.98. The maximum absolute atomic E-state index is 12.9. The van der Waals surface area contributed by atoms with Crippen molar-refractivity contribution in [1.29, 1.82) is 0 Å². The van der Waals surface area contributed by atoms with E-state index in [-0.39, 0.29) is 18.9 Å². The molecule has 0 spiro atoms. The molecule has 4 rings (SSSR count). The lowest BCUT2D eigenvalue weighted by molar-refractivity contribution is -0.142. The summed E-state index contributed by atoms with van der Waals surface area (Å²) < 4.78 is 11.3. The molecule has 6 nitrogen and oxygen atoms in total. The number of rotatable bonds is 10. The average Bonchev–Trinajstić information content (AvgIpc) is 3.20. The summed E-state index contributed by atoms with van der Waals surface area (Å²) in [6.07, 6.45) is 1.66. The number of hydrogen-bond acceptors (Lipinski definition) is 4. The molecule has 6 heteroatoms. The minimum atomic E-state index is -1.08. The summed E-state index contributed by atoms with van der Waals surface area (Å²) in [4.78, 5) is 26.1. The summed E-state index contributed by atoms with van der Waals surface area (Å²) in [5.41, 5.74) is 5.36. The number of aryl methyl sites for hydroxylation is 1. The van der Waals surface area contributed by atoms with E-state index < -0.39 is 18.1 Å². The number of carboxylic acids is 1. The highest BCUT2D eigenvalue weighted by atomic mass is 16.6. The molecule has 1 unspecified atom stereocenters. The van der Waals surface area contributed by atoms with Crippen LogP contribution in [0.1, 0.15) is 29.0 Å². The fourth-order valence-corrected chi connectivity index (χ4v) is 4.60. The van der Waals surface area contributed by atoms with Gasteiger partial charge in [0, 0.05) is 13.0 Å². The highest BCUT2D eigenvalue weighted by molar-refractivity contribution is 5.81. The van der Waals surface area contributed by atoms with Crippen molar-refractivity contribution < 1.29 is 24.2 Å². The van der Waals surface area contributed by atoms with Crippen LogP contribution in [0.2, 0.25) is 0 Å². The standard InChI is InChI=1S/C29H29NO5/c1-3-18-34-27-15-9-4-10-20(27)16-17-26(28(31)32)30(2)29(33)35-19-25-23-13-7-5-11-21(23)22-12-6-8-14-24(22)25/h3-15,25-26H,1,16-19H2,2H3,(H,31,32). The van der Waals surface area contributed by atoms with Crippen LogP contribution in [0.25, 0.3) is 11.1 Å². The molecule has 1 aliphatic carbocycles. The third-order valence-corrected chi connectivity index (χ3v) is 6.39. The van der Waals surface area contributed by atoms with Gasteiger partial charge in [0.25, 0.3) is 0 Å². The van der Waals surface area contributed by atoms with Gasteiger partial charge in [-0.05, 0) is 46.7 Å². The molecular formula is C29H29NO5. The number of carboxylic acid groups (broad SMARTS) is 1. The molecule has 0 radical (unpaired) electrons. The number of nitrogens with zero attached hydrogens (tertiary/aromatic N) is 1. The number of benzene rings is 3. The van der Waals surface area contributed by atoms with Crippen molar-refractivity contribution in [3.63, 3.8) is 0 Å². The second kappa shape index (κ2) is 10.9. The van der Waals surface area contributed by atoms with E-state index in [1.807, 2.05) is 60.7 Å². The van der Waals surface area contributed by atoms with Crippen LogP contribution in [0.5, 0.6) is 5.75 Å². The molecule has 1 amide bonds. The maximum atomic E-state index is 12.9. The number of carbonyl (C=O) groups excluding carboxylic acids is 1. The molecule has 0 saturated carbocycles. The van der Waals surface area contributed by atoms with Gasteiger partial charge in [-0.25, -0.2) is 9.59 Å². The SMILES string of the molecule is C=CCOc1ccccc1CCC(C(=O)O)N(C)C(=O)OCC1c2ccccc2-c2ccccc21. The number of fused-ring (bicyclic) bond motifs is 3. The molecule has 3 aromatic carbocycles. The van der Waals surface area contributed by atoms with Crippen LogP contribution in [0.4, 0.5) is 4.79 Å². The number of aliphatic carboxylic acids is 1. The van der Waals surface area contributed by atoms with Gasteiger partial charge in [-0.1, -0.05) is 79.4 Å². The molecule has 0 bridgehead atoms. The number of carbonyl (C=O) groups is 2. The zero-order chi connectivity index (χ0) is 24.8. The highest BCUT2D eigenvalue weighted by Crippen LogP contribution is 2.44. The Morgan fingerprint density at radius 1 is 1.00 bits per heavy atom.